The average Bonchev–Trinajstić information content (AvgIpc) is 2.45. The van der Waals surface area contributed by atoms with E-state index in [0.29, 0.717) is 5.75 Å². The fourth-order valence-electron chi connectivity index (χ4n) is 2.42. The second-order valence-electron chi connectivity index (χ2n) is 5.61. The van der Waals surface area contributed by atoms with E-state index in [4.69, 9.17) is 0 Å². The Bertz CT molecular complexity index is 368. The van der Waals surface area contributed by atoms with Crippen molar-refractivity contribution in [3.8, 4) is 5.75 Å². The molecule has 0 heterocycles. The smallest absolute Gasteiger partial charge is 0.116 e. The van der Waals surface area contributed by atoms with E-state index in [1.165, 1.54) is 57.8 Å². The number of phenols is 1. The Morgan fingerprint density at radius 3 is 2.20 bits per heavy atom. The van der Waals surface area contributed by atoms with Crippen LogP contribution in [0.25, 0.3) is 6.08 Å². The van der Waals surface area contributed by atoms with Crippen LogP contribution in [0.3, 0.4) is 0 Å². The van der Waals surface area contributed by atoms with Gasteiger partial charge in [0.25, 0.3) is 0 Å². The van der Waals surface area contributed by atoms with Crippen molar-refractivity contribution in [1.82, 2.24) is 0 Å². The van der Waals surface area contributed by atoms with Gasteiger partial charge < -0.3 is 5.11 Å². The molecule has 0 spiro atoms. The van der Waals surface area contributed by atoms with Gasteiger partial charge in [-0.2, -0.15) is 0 Å². The van der Waals surface area contributed by atoms with Gasteiger partial charge in [0.05, 0.1) is 0 Å². The monoisotopic (exact) mass is 274 g/mol. The van der Waals surface area contributed by atoms with Crippen LogP contribution in [0, 0.1) is 0 Å². The zero-order valence-electron chi connectivity index (χ0n) is 13.0. The molecule has 1 aromatic rings. The molecule has 0 radical (unpaired) electrons. The van der Waals surface area contributed by atoms with Gasteiger partial charge >= 0.3 is 0 Å². The van der Waals surface area contributed by atoms with Crippen molar-refractivity contribution in [2.24, 2.45) is 0 Å². The highest BCUT2D eigenvalue weighted by atomic mass is 16.3. The van der Waals surface area contributed by atoms with Gasteiger partial charge in [-0.15, -0.1) is 0 Å². The van der Waals surface area contributed by atoms with Crippen LogP contribution in [0.1, 0.15) is 76.7 Å². The average molecular weight is 274 g/mol. The highest BCUT2D eigenvalue weighted by molar-refractivity contribution is 5.51. The lowest BCUT2D eigenvalue weighted by Crippen LogP contribution is -1.80. The number of benzene rings is 1. The number of hydrogen-bond donors (Lipinski definition) is 1. The minimum atomic E-state index is 0.343. The summed E-state index contributed by atoms with van der Waals surface area (Å²) in [5.74, 6) is 0.343. The third-order valence-corrected chi connectivity index (χ3v) is 3.65. The second-order valence-corrected chi connectivity index (χ2v) is 5.61. The normalized spacial score (nSPS) is 11.2. The highest BCUT2D eigenvalue weighted by Gasteiger charge is 1.92. The number of aromatic hydroxyl groups is 1. The fourth-order valence-corrected chi connectivity index (χ4v) is 2.42. The Hall–Kier alpha value is -1.24. The Morgan fingerprint density at radius 1 is 0.900 bits per heavy atom. The molecule has 0 saturated carbocycles. The maximum absolute atomic E-state index is 9.36. The lowest BCUT2D eigenvalue weighted by atomic mass is 10.1. The Morgan fingerprint density at radius 2 is 1.55 bits per heavy atom. The molecular formula is C19H30O. The summed E-state index contributed by atoms with van der Waals surface area (Å²) in [4.78, 5) is 0. The first-order valence-corrected chi connectivity index (χ1v) is 8.28. The highest BCUT2D eigenvalue weighted by Crippen LogP contribution is 2.14. The Kier molecular flexibility index (Phi) is 9.73. The molecule has 0 aliphatic rings. The molecule has 0 unspecified atom stereocenters. The maximum Gasteiger partial charge on any atom is 0.116 e. The second kappa shape index (κ2) is 11.6. The maximum atomic E-state index is 9.36. The van der Waals surface area contributed by atoms with E-state index >= 15 is 0 Å². The topological polar surface area (TPSA) is 20.2 Å². The third-order valence-electron chi connectivity index (χ3n) is 3.65. The summed E-state index contributed by atoms with van der Waals surface area (Å²) in [5, 5.41) is 9.36. The largest absolute Gasteiger partial charge is 0.508 e. The molecule has 1 N–H and O–H groups in total. The van der Waals surface area contributed by atoms with Crippen LogP contribution < -0.4 is 0 Å². The zero-order valence-corrected chi connectivity index (χ0v) is 13.0. The molecule has 1 nitrogen and oxygen atoms in total. The number of rotatable bonds is 11. The molecule has 0 aliphatic carbocycles. The van der Waals surface area contributed by atoms with E-state index in [-0.39, 0.29) is 0 Å². The standard InChI is InChI=1S/C19H30O/c1-2-3-4-5-6-7-8-9-10-11-12-14-18-15-13-16-19(20)17-18/h12-17,20H,2-11H2,1H3. The molecule has 0 amide bonds. The Labute approximate surface area is 124 Å². The van der Waals surface area contributed by atoms with E-state index in [0.717, 1.165) is 12.0 Å². The molecule has 0 saturated heterocycles. The molecule has 0 atom stereocenters. The van der Waals surface area contributed by atoms with Crippen molar-refractivity contribution in [2.45, 2.75) is 71.1 Å². The lowest BCUT2D eigenvalue weighted by molar-refractivity contribution is 0.475. The van der Waals surface area contributed by atoms with E-state index in [9.17, 15) is 5.11 Å². The van der Waals surface area contributed by atoms with Gasteiger partial charge in [-0.05, 0) is 30.5 Å². The molecule has 0 aliphatic heterocycles. The number of phenolic OH excluding ortho intramolecular Hbond substituents is 1. The van der Waals surface area contributed by atoms with Gasteiger partial charge in [0, 0.05) is 0 Å². The summed E-state index contributed by atoms with van der Waals surface area (Å²) >= 11 is 0. The third kappa shape index (κ3) is 8.79. The minimum absolute atomic E-state index is 0.343. The number of unbranched alkanes of at least 4 members (excludes halogenated alkanes) is 9. The van der Waals surface area contributed by atoms with Gasteiger partial charge in [-0.25, -0.2) is 0 Å². The molecule has 112 valence electrons. The van der Waals surface area contributed by atoms with Crippen molar-refractivity contribution in [2.75, 3.05) is 0 Å². The van der Waals surface area contributed by atoms with Crippen LogP contribution in [0.15, 0.2) is 30.3 Å². The molecule has 20 heavy (non-hydrogen) atoms. The van der Waals surface area contributed by atoms with Gasteiger partial charge in [-0.1, -0.05) is 82.6 Å². The van der Waals surface area contributed by atoms with Crippen molar-refractivity contribution < 1.29 is 5.11 Å². The predicted octanol–water partition coefficient (Wildman–Crippen LogP) is 6.33. The van der Waals surface area contributed by atoms with E-state index in [1.54, 1.807) is 12.1 Å². The van der Waals surface area contributed by atoms with Gasteiger partial charge in [0.15, 0.2) is 0 Å². The summed E-state index contributed by atoms with van der Waals surface area (Å²) in [6.07, 6.45) is 17.9. The zero-order chi connectivity index (χ0) is 14.5. The van der Waals surface area contributed by atoms with E-state index < -0.39 is 0 Å². The minimum Gasteiger partial charge on any atom is -0.508 e. The van der Waals surface area contributed by atoms with Crippen molar-refractivity contribution >= 4 is 6.08 Å². The summed E-state index contributed by atoms with van der Waals surface area (Å²) in [6.45, 7) is 2.27. The van der Waals surface area contributed by atoms with Crippen LogP contribution in [-0.4, -0.2) is 5.11 Å². The Balaban J connectivity index is 1.94. The number of hydrogen-bond acceptors (Lipinski definition) is 1. The van der Waals surface area contributed by atoms with Crippen LogP contribution in [0.2, 0.25) is 0 Å². The van der Waals surface area contributed by atoms with Crippen molar-refractivity contribution in [3.05, 3.63) is 35.9 Å². The van der Waals surface area contributed by atoms with Crippen LogP contribution in [-0.2, 0) is 0 Å². The lowest BCUT2D eigenvalue weighted by Gasteiger charge is -2.00. The first-order valence-electron chi connectivity index (χ1n) is 8.28. The fraction of sp³-hybridized carbons (Fsp3) is 0.579. The first-order chi connectivity index (χ1) is 9.83. The van der Waals surface area contributed by atoms with Gasteiger partial charge in [0.2, 0.25) is 0 Å². The first kappa shape index (κ1) is 16.8. The molecule has 1 aromatic carbocycles. The molecule has 1 rings (SSSR count). The molecule has 1 heteroatoms. The summed E-state index contributed by atoms with van der Waals surface area (Å²) in [5.41, 5.74) is 1.08. The van der Waals surface area contributed by atoms with Gasteiger partial charge in [-0.3, -0.25) is 0 Å². The van der Waals surface area contributed by atoms with Crippen molar-refractivity contribution in [1.29, 1.82) is 0 Å². The van der Waals surface area contributed by atoms with Crippen LogP contribution >= 0.6 is 0 Å². The van der Waals surface area contributed by atoms with Gasteiger partial charge in [0.1, 0.15) is 5.75 Å². The molecule has 0 aromatic heterocycles. The van der Waals surface area contributed by atoms with E-state index in [2.05, 4.69) is 19.1 Å². The summed E-state index contributed by atoms with van der Waals surface area (Å²) < 4.78 is 0. The quantitative estimate of drug-likeness (QED) is 0.468. The van der Waals surface area contributed by atoms with E-state index in [1.807, 2.05) is 12.1 Å². The number of allylic oxidation sites excluding steroid dienone is 1. The summed E-state index contributed by atoms with van der Waals surface area (Å²) in [6, 6.07) is 7.41. The van der Waals surface area contributed by atoms with Crippen molar-refractivity contribution in [3.63, 3.8) is 0 Å². The summed E-state index contributed by atoms with van der Waals surface area (Å²) in [7, 11) is 0. The van der Waals surface area contributed by atoms with Crippen LogP contribution in [0.5, 0.6) is 5.75 Å². The SMILES string of the molecule is CCCCCCCCCCCC=Cc1cccc(O)c1. The van der Waals surface area contributed by atoms with Crippen LogP contribution in [0.4, 0.5) is 0 Å². The molecule has 0 fully saturated rings. The predicted molar refractivity (Wildman–Crippen MR) is 89.0 cm³/mol. The molecule has 0 bridgehead atoms. The molecular weight excluding hydrogens is 244 g/mol.